The Morgan fingerprint density at radius 2 is 2.11 bits per heavy atom. The topological polar surface area (TPSA) is 58.3 Å². The van der Waals surface area contributed by atoms with Crippen LogP contribution in [0, 0.1) is 5.82 Å². The quantitative estimate of drug-likeness (QED) is 0.804. The van der Waals surface area contributed by atoms with Crippen molar-refractivity contribution in [1.82, 2.24) is 9.55 Å². The zero-order valence-electron chi connectivity index (χ0n) is 10.9. The van der Waals surface area contributed by atoms with E-state index in [1.807, 2.05) is 24.6 Å². The van der Waals surface area contributed by atoms with Crippen LogP contribution < -0.4 is 5.46 Å². The van der Waals surface area contributed by atoms with Crippen LogP contribution in [0.5, 0.6) is 0 Å². The lowest BCUT2D eigenvalue weighted by atomic mass is 9.79. The van der Waals surface area contributed by atoms with Crippen molar-refractivity contribution in [2.75, 3.05) is 0 Å². The Morgan fingerprint density at radius 1 is 1.37 bits per heavy atom. The first-order chi connectivity index (χ1) is 8.99. The molecule has 1 aromatic carbocycles. The number of nitrogens with zero attached hydrogens (tertiary/aromatic N) is 2. The molecule has 1 heterocycles. The van der Waals surface area contributed by atoms with Crippen molar-refractivity contribution in [1.29, 1.82) is 0 Å². The molecule has 0 aliphatic rings. The van der Waals surface area contributed by atoms with Crippen molar-refractivity contribution in [2.45, 2.75) is 26.3 Å². The minimum atomic E-state index is -1.80. The van der Waals surface area contributed by atoms with Crippen molar-refractivity contribution in [3.05, 3.63) is 47.8 Å². The van der Waals surface area contributed by atoms with E-state index in [-0.39, 0.29) is 5.46 Å². The Bertz CT molecular complexity index is 570. The third kappa shape index (κ3) is 3.02. The maximum absolute atomic E-state index is 13.4. The van der Waals surface area contributed by atoms with Gasteiger partial charge in [0.2, 0.25) is 0 Å². The smallest absolute Gasteiger partial charge is 0.423 e. The molecule has 2 aromatic rings. The van der Waals surface area contributed by atoms with Crippen molar-refractivity contribution in [2.24, 2.45) is 0 Å². The molecule has 0 unspecified atom stereocenters. The average molecular weight is 262 g/mol. The van der Waals surface area contributed by atoms with Gasteiger partial charge < -0.3 is 14.6 Å². The van der Waals surface area contributed by atoms with Crippen LogP contribution in [-0.2, 0) is 6.54 Å². The van der Waals surface area contributed by atoms with Gasteiger partial charge in [-0.05, 0) is 11.6 Å². The third-order valence-corrected chi connectivity index (χ3v) is 2.96. The van der Waals surface area contributed by atoms with Gasteiger partial charge in [0, 0.05) is 30.3 Å². The van der Waals surface area contributed by atoms with E-state index in [1.165, 1.54) is 12.1 Å². The zero-order valence-corrected chi connectivity index (χ0v) is 10.9. The van der Waals surface area contributed by atoms with Crippen molar-refractivity contribution < 1.29 is 14.4 Å². The summed E-state index contributed by atoms with van der Waals surface area (Å²) in [5.41, 5.74) is 0.688. The molecule has 0 bridgehead atoms. The summed E-state index contributed by atoms with van der Waals surface area (Å²) < 4.78 is 15.3. The molecular weight excluding hydrogens is 246 g/mol. The standard InChI is InChI=1S/C13H16BFN2O2/c1-9(2)13-16-5-6-17(13)8-10-3-4-12(15)11(7-10)14(18)19/h3-7,9,18-19H,8H2,1-2H3. The van der Waals surface area contributed by atoms with E-state index < -0.39 is 12.9 Å². The first kappa shape index (κ1) is 13.8. The molecule has 0 saturated heterocycles. The minimum absolute atomic E-state index is 0.108. The first-order valence-corrected chi connectivity index (χ1v) is 6.14. The molecule has 4 nitrogen and oxygen atoms in total. The van der Waals surface area contributed by atoms with Gasteiger partial charge in [0.05, 0.1) is 0 Å². The summed E-state index contributed by atoms with van der Waals surface area (Å²) in [6, 6.07) is 4.34. The van der Waals surface area contributed by atoms with Crippen molar-refractivity contribution >= 4 is 12.6 Å². The predicted octanol–water partition coefficient (Wildman–Crippen LogP) is 0.874. The van der Waals surface area contributed by atoms with E-state index >= 15 is 0 Å². The second kappa shape index (κ2) is 5.55. The van der Waals surface area contributed by atoms with E-state index in [1.54, 1.807) is 12.3 Å². The van der Waals surface area contributed by atoms with Gasteiger partial charge in [-0.3, -0.25) is 0 Å². The van der Waals surface area contributed by atoms with E-state index in [9.17, 15) is 4.39 Å². The van der Waals surface area contributed by atoms with Crippen LogP contribution in [0.1, 0.15) is 31.2 Å². The molecule has 0 amide bonds. The van der Waals surface area contributed by atoms with Crippen molar-refractivity contribution in [3.8, 4) is 0 Å². The van der Waals surface area contributed by atoms with Gasteiger partial charge in [-0.2, -0.15) is 0 Å². The Morgan fingerprint density at radius 3 is 2.74 bits per heavy atom. The molecule has 2 N–H and O–H groups in total. The maximum Gasteiger partial charge on any atom is 0.491 e. The molecule has 0 fully saturated rings. The monoisotopic (exact) mass is 262 g/mol. The molecular formula is C13H16BFN2O2. The Kier molecular flexibility index (Phi) is 4.02. The number of hydrogen-bond donors (Lipinski definition) is 2. The fraction of sp³-hybridized carbons (Fsp3) is 0.308. The van der Waals surface area contributed by atoms with E-state index in [2.05, 4.69) is 4.98 Å². The normalized spacial score (nSPS) is 11.1. The number of imidazole rings is 1. The zero-order chi connectivity index (χ0) is 14.0. The fourth-order valence-electron chi connectivity index (χ4n) is 2.04. The summed E-state index contributed by atoms with van der Waals surface area (Å²) in [4.78, 5) is 4.28. The van der Waals surface area contributed by atoms with Crippen LogP contribution in [0.25, 0.3) is 0 Å². The number of halogens is 1. The summed E-state index contributed by atoms with van der Waals surface area (Å²) in [5.74, 6) is 0.613. The molecule has 19 heavy (non-hydrogen) atoms. The molecule has 2 rings (SSSR count). The predicted molar refractivity (Wildman–Crippen MR) is 71.6 cm³/mol. The van der Waals surface area contributed by atoms with E-state index in [4.69, 9.17) is 10.0 Å². The Labute approximate surface area is 111 Å². The Balaban J connectivity index is 2.28. The first-order valence-electron chi connectivity index (χ1n) is 6.14. The molecule has 0 aliphatic carbocycles. The van der Waals surface area contributed by atoms with Crippen molar-refractivity contribution in [3.63, 3.8) is 0 Å². The lowest BCUT2D eigenvalue weighted by Gasteiger charge is -2.11. The van der Waals surface area contributed by atoms with Gasteiger partial charge >= 0.3 is 7.12 Å². The van der Waals surface area contributed by atoms with Crippen LogP contribution in [0.15, 0.2) is 30.6 Å². The molecule has 100 valence electrons. The van der Waals surface area contributed by atoms with Crippen LogP contribution >= 0.6 is 0 Å². The lowest BCUT2D eigenvalue weighted by Crippen LogP contribution is -2.33. The van der Waals surface area contributed by atoms with Gasteiger partial charge in [-0.15, -0.1) is 0 Å². The number of hydrogen-bond acceptors (Lipinski definition) is 3. The largest absolute Gasteiger partial charge is 0.491 e. The number of rotatable bonds is 4. The highest BCUT2D eigenvalue weighted by Gasteiger charge is 2.17. The molecule has 0 saturated carbocycles. The summed E-state index contributed by atoms with van der Waals surface area (Å²) in [5, 5.41) is 18.2. The molecule has 1 aromatic heterocycles. The second-order valence-corrected chi connectivity index (χ2v) is 4.80. The highest BCUT2D eigenvalue weighted by atomic mass is 19.1. The van der Waals surface area contributed by atoms with Gasteiger partial charge in [0.1, 0.15) is 11.6 Å². The van der Waals surface area contributed by atoms with E-state index in [0.29, 0.717) is 12.5 Å². The average Bonchev–Trinajstić information content (AvgIpc) is 2.79. The lowest BCUT2D eigenvalue weighted by molar-refractivity contribution is 0.423. The van der Waals surface area contributed by atoms with Crippen LogP contribution in [0.2, 0.25) is 0 Å². The molecule has 0 aliphatic heterocycles. The van der Waals surface area contributed by atoms with Crippen LogP contribution in [0.3, 0.4) is 0 Å². The SMILES string of the molecule is CC(C)c1nccn1Cc1ccc(F)c(B(O)O)c1. The van der Waals surface area contributed by atoms with Gasteiger partial charge in [0.25, 0.3) is 0 Å². The molecule has 6 heteroatoms. The van der Waals surface area contributed by atoms with Gasteiger partial charge in [-0.25, -0.2) is 9.37 Å². The summed E-state index contributed by atoms with van der Waals surface area (Å²) in [7, 11) is -1.80. The van der Waals surface area contributed by atoms with Crippen LogP contribution in [-0.4, -0.2) is 26.7 Å². The highest BCUT2D eigenvalue weighted by molar-refractivity contribution is 6.58. The Hall–Kier alpha value is -1.66. The maximum atomic E-state index is 13.4. The van der Waals surface area contributed by atoms with Gasteiger partial charge in [0.15, 0.2) is 0 Å². The fourth-order valence-corrected chi connectivity index (χ4v) is 2.04. The molecule has 0 spiro atoms. The second-order valence-electron chi connectivity index (χ2n) is 4.80. The minimum Gasteiger partial charge on any atom is -0.423 e. The summed E-state index contributed by atoms with van der Waals surface area (Å²) in [6.07, 6.45) is 3.58. The number of aromatic nitrogens is 2. The molecule has 0 atom stereocenters. The highest BCUT2D eigenvalue weighted by Crippen LogP contribution is 2.13. The van der Waals surface area contributed by atoms with E-state index in [0.717, 1.165) is 11.4 Å². The van der Waals surface area contributed by atoms with Crippen LogP contribution in [0.4, 0.5) is 4.39 Å². The molecule has 0 radical (unpaired) electrons. The number of benzene rings is 1. The summed E-state index contributed by atoms with van der Waals surface area (Å²) >= 11 is 0. The van der Waals surface area contributed by atoms with Gasteiger partial charge in [-0.1, -0.05) is 26.0 Å². The third-order valence-electron chi connectivity index (χ3n) is 2.96. The summed E-state index contributed by atoms with van der Waals surface area (Å²) in [6.45, 7) is 4.62.